The van der Waals surface area contributed by atoms with Crippen LogP contribution < -0.4 is 0 Å². The molecule has 0 aliphatic heterocycles. The molecule has 0 saturated heterocycles. The maximum absolute atomic E-state index is 13.5. The van der Waals surface area contributed by atoms with E-state index in [1.54, 1.807) is 6.07 Å². The van der Waals surface area contributed by atoms with Crippen molar-refractivity contribution < 1.29 is 25.8 Å². The van der Waals surface area contributed by atoms with E-state index in [0.717, 1.165) is 32.3 Å². The van der Waals surface area contributed by atoms with E-state index < -0.39 is 38.9 Å². The van der Waals surface area contributed by atoms with Crippen LogP contribution in [-0.4, -0.2) is 26.8 Å². The highest BCUT2D eigenvalue weighted by Gasteiger charge is 2.36. The molecule has 10 heteroatoms. The minimum Gasteiger partial charge on any atom is -0.369 e. The second-order valence-corrected chi connectivity index (χ2v) is 7.88. The number of rotatable bonds is 5. The predicted octanol–water partition coefficient (Wildman–Crippen LogP) is 4.57. The van der Waals surface area contributed by atoms with Gasteiger partial charge in [0.15, 0.2) is 5.76 Å². The van der Waals surface area contributed by atoms with E-state index in [0.29, 0.717) is 9.33 Å². The standard InChI is InChI=1S/C18H14ClF3N2O3S/c1-24(2)28(25,26)27-17(14-5-3-4-6-16(14)18(20,21)22)15(11-23)12-7-9-13(19)10-8-12/h3-10H,1-2H3. The van der Waals surface area contributed by atoms with Crippen LogP contribution in [0.4, 0.5) is 13.2 Å². The Morgan fingerprint density at radius 1 is 1.11 bits per heavy atom. The van der Waals surface area contributed by atoms with Gasteiger partial charge in [-0.05, 0) is 23.8 Å². The molecule has 2 aromatic carbocycles. The third kappa shape index (κ3) is 4.84. The lowest BCUT2D eigenvalue weighted by Gasteiger charge is -2.19. The van der Waals surface area contributed by atoms with Crippen LogP contribution in [0.5, 0.6) is 0 Å². The molecule has 0 saturated carbocycles. The Hall–Kier alpha value is -2.54. The Kier molecular flexibility index (Phi) is 6.39. The fraction of sp³-hybridized carbons (Fsp3) is 0.167. The normalized spacial score (nSPS) is 13.1. The van der Waals surface area contributed by atoms with E-state index in [4.69, 9.17) is 15.8 Å². The molecule has 2 rings (SSSR count). The lowest BCUT2D eigenvalue weighted by atomic mass is 9.98. The second-order valence-electron chi connectivity index (χ2n) is 5.69. The number of benzene rings is 2. The summed E-state index contributed by atoms with van der Waals surface area (Å²) in [6.07, 6.45) is -4.80. The summed E-state index contributed by atoms with van der Waals surface area (Å²) in [6, 6.07) is 11.6. The average molecular weight is 431 g/mol. The quantitative estimate of drug-likeness (QED) is 0.395. The maximum atomic E-state index is 13.5. The van der Waals surface area contributed by atoms with E-state index >= 15 is 0 Å². The van der Waals surface area contributed by atoms with Crippen molar-refractivity contribution in [1.29, 1.82) is 5.26 Å². The van der Waals surface area contributed by atoms with Crippen LogP contribution in [0.25, 0.3) is 11.3 Å². The van der Waals surface area contributed by atoms with Crippen LogP contribution in [0.2, 0.25) is 5.02 Å². The Balaban J connectivity index is 2.86. The third-order valence-corrected chi connectivity index (χ3v) is 5.11. The number of nitrogens with zero attached hydrogens (tertiary/aromatic N) is 2. The SMILES string of the molecule is CN(C)S(=O)(=O)OC(=C(C#N)c1ccc(Cl)cc1)c1ccccc1C(F)(F)F. The first-order chi connectivity index (χ1) is 13.0. The summed E-state index contributed by atoms with van der Waals surface area (Å²) in [5.74, 6) is -0.730. The van der Waals surface area contributed by atoms with Crippen LogP contribution in [0, 0.1) is 11.3 Å². The van der Waals surface area contributed by atoms with Crippen LogP contribution in [-0.2, 0) is 20.7 Å². The molecule has 5 nitrogen and oxygen atoms in total. The fourth-order valence-electron chi connectivity index (χ4n) is 2.19. The van der Waals surface area contributed by atoms with Gasteiger partial charge in [0.1, 0.15) is 11.6 Å². The van der Waals surface area contributed by atoms with Gasteiger partial charge in [-0.15, -0.1) is 0 Å². The highest BCUT2D eigenvalue weighted by atomic mass is 35.5. The van der Waals surface area contributed by atoms with Crippen LogP contribution in [0.15, 0.2) is 48.5 Å². The van der Waals surface area contributed by atoms with Crippen molar-refractivity contribution in [3.8, 4) is 6.07 Å². The molecule has 28 heavy (non-hydrogen) atoms. The first kappa shape index (κ1) is 21.8. The molecule has 0 radical (unpaired) electrons. The minimum absolute atomic E-state index is 0.146. The molecule has 0 aromatic heterocycles. The number of nitriles is 1. The lowest BCUT2D eigenvalue weighted by molar-refractivity contribution is -0.137. The van der Waals surface area contributed by atoms with Crippen molar-refractivity contribution in [2.75, 3.05) is 14.1 Å². The van der Waals surface area contributed by atoms with Gasteiger partial charge >= 0.3 is 16.5 Å². The molecule has 0 aliphatic rings. The fourth-order valence-corrected chi connectivity index (χ4v) is 2.85. The van der Waals surface area contributed by atoms with Crippen molar-refractivity contribution in [1.82, 2.24) is 4.31 Å². The van der Waals surface area contributed by atoms with E-state index in [-0.39, 0.29) is 5.56 Å². The molecule has 0 aliphatic carbocycles. The minimum atomic E-state index is -4.80. The van der Waals surface area contributed by atoms with Gasteiger partial charge in [-0.3, -0.25) is 0 Å². The molecule has 0 atom stereocenters. The largest absolute Gasteiger partial charge is 0.417 e. The van der Waals surface area contributed by atoms with Crippen LogP contribution in [0.3, 0.4) is 0 Å². The van der Waals surface area contributed by atoms with Crippen molar-refractivity contribution in [3.63, 3.8) is 0 Å². The molecule has 0 spiro atoms. The third-order valence-electron chi connectivity index (χ3n) is 3.58. The number of hydrogen-bond donors (Lipinski definition) is 0. The first-order valence-corrected chi connectivity index (χ1v) is 9.40. The Morgan fingerprint density at radius 3 is 2.18 bits per heavy atom. The molecular formula is C18H14ClF3N2O3S. The highest BCUT2D eigenvalue weighted by molar-refractivity contribution is 7.84. The molecule has 0 bridgehead atoms. The van der Waals surface area contributed by atoms with Crippen molar-refractivity contribution in [2.24, 2.45) is 0 Å². The maximum Gasteiger partial charge on any atom is 0.417 e. The zero-order valence-corrected chi connectivity index (χ0v) is 16.2. The topological polar surface area (TPSA) is 70.4 Å². The van der Waals surface area contributed by atoms with E-state index in [2.05, 4.69) is 0 Å². The van der Waals surface area contributed by atoms with Gasteiger partial charge < -0.3 is 4.18 Å². The molecule has 2 aromatic rings. The van der Waals surface area contributed by atoms with Crippen LogP contribution in [0.1, 0.15) is 16.7 Å². The molecular weight excluding hydrogens is 417 g/mol. The van der Waals surface area contributed by atoms with Gasteiger partial charge in [-0.25, -0.2) is 0 Å². The Morgan fingerprint density at radius 2 is 1.68 bits per heavy atom. The number of halogens is 4. The molecule has 0 fully saturated rings. The number of hydrogen-bond acceptors (Lipinski definition) is 4. The summed E-state index contributed by atoms with van der Waals surface area (Å²) in [5, 5.41) is 9.93. The molecule has 0 unspecified atom stereocenters. The van der Waals surface area contributed by atoms with E-state index in [1.807, 2.05) is 0 Å². The van der Waals surface area contributed by atoms with Gasteiger partial charge in [0, 0.05) is 24.7 Å². The molecule has 0 heterocycles. The Bertz CT molecular complexity index is 1040. The molecule has 148 valence electrons. The second kappa shape index (κ2) is 8.22. The summed E-state index contributed by atoms with van der Waals surface area (Å²) >= 11 is 5.81. The van der Waals surface area contributed by atoms with Crippen molar-refractivity contribution in [3.05, 3.63) is 70.2 Å². The van der Waals surface area contributed by atoms with Gasteiger partial charge in [0.05, 0.1) is 5.56 Å². The predicted molar refractivity (Wildman–Crippen MR) is 99.0 cm³/mol. The van der Waals surface area contributed by atoms with E-state index in [1.165, 1.54) is 30.3 Å². The van der Waals surface area contributed by atoms with Crippen molar-refractivity contribution >= 4 is 33.2 Å². The molecule has 0 N–H and O–H groups in total. The smallest absolute Gasteiger partial charge is 0.369 e. The average Bonchev–Trinajstić information content (AvgIpc) is 2.62. The number of alkyl halides is 3. The van der Waals surface area contributed by atoms with Crippen LogP contribution >= 0.6 is 11.6 Å². The van der Waals surface area contributed by atoms with Crippen molar-refractivity contribution in [2.45, 2.75) is 6.18 Å². The number of allylic oxidation sites excluding steroid dienone is 1. The molecule has 0 amide bonds. The van der Waals surface area contributed by atoms with Gasteiger partial charge in [0.25, 0.3) is 0 Å². The van der Waals surface area contributed by atoms with E-state index in [9.17, 15) is 26.9 Å². The highest BCUT2D eigenvalue weighted by Crippen LogP contribution is 2.38. The first-order valence-electron chi connectivity index (χ1n) is 7.66. The summed E-state index contributed by atoms with van der Waals surface area (Å²) in [7, 11) is -2.15. The monoisotopic (exact) mass is 430 g/mol. The Labute approximate surface area is 165 Å². The zero-order valence-electron chi connectivity index (χ0n) is 14.7. The zero-order chi connectivity index (χ0) is 21.1. The van der Waals surface area contributed by atoms with Gasteiger partial charge in [0.2, 0.25) is 0 Å². The summed E-state index contributed by atoms with van der Waals surface area (Å²) in [5.41, 5.74) is -1.96. The van der Waals surface area contributed by atoms with Gasteiger partial charge in [-0.1, -0.05) is 41.9 Å². The van der Waals surface area contributed by atoms with Gasteiger partial charge in [-0.2, -0.15) is 31.2 Å². The summed E-state index contributed by atoms with van der Waals surface area (Å²) in [4.78, 5) is 0. The summed E-state index contributed by atoms with van der Waals surface area (Å²) < 4.78 is 70.6. The summed E-state index contributed by atoms with van der Waals surface area (Å²) in [6.45, 7) is 0. The lowest BCUT2D eigenvalue weighted by Crippen LogP contribution is -2.25.